The van der Waals surface area contributed by atoms with E-state index < -0.39 is 31.4 Å². The van der Waals surface area contributed by atoms with Crippen LogP contribution in [0.15, 0.2) is 152 Å². The van der Waals surface area contributed by atoms with E-state index in [-0.39, 0.29) is 50.7 Å². The lowest BCUT2D eigenvalue weighted by Crippen LogP contribution is -2.46. The average Bonchev–Trinajstić information content (AvgIpc) is 3.31. The molecule has 5 rings (SSSR count). The Hall–Kier alpha value is -4.00. The highest BCUT2D eigenvalue weighted by Crippen LogP contribution is 2.69. The summed E-state index contributed by atoms with van der Waals surface area (Å²) in [5.41, 5.74) is 3.83. The largest absolute Gasteiger partial charge is 0.365 e. The molecule has 5 aromatic carbocycles. The fourth-order valence-electron chi connectivity index (χ4n) is 7.38. The van der Waals surface area contributed by atoms with Crippen LogP contribution in [0.4, 0.5) is 0 Å². The van der Waals surface area contributed by atoms with Gasteiger partial charge in [0.1, 0.15) is 0 Å². The van der Waals surface area contributed by atoms with Crippen LogP contribution in [0, 0.1) is 0 Å². The molecule has 342 valence electrons. The molecule has 0 aromatic heterocycles. The number of benzene rings is 5. The van der Waals surface area contributed by atoms with Crippen molar-refractivity contribution in [3.8, 4) is 0 Å². The van der Waals surface area contributed by atoms with Crippen molar-refractivity contribution in [3.05, 3.63) is 179 Å². The summed E-state index contributed by atoms with van der Waals surface area (Å²) >= 11 is 3.44. The number of carbonyl (C=O) groups excluding carboxylic acids is 2. The van der Waals surface area contributed by atoms with E-state index in [2.05, 4.69) is 71.3 Å². The van der Waals surface area contributed by atoms with Crippen LogP contribution >= 0.6 is 38.7 Å². The van der Waals surface area contributed by atoms with Gasteiger partial charge in [0.05, 0.1) is 49.5 Å². The molecule has 0 saturated heterocycles. The minimum atomic E-state index is -4.30. The van der Waals surface area contributed by atoms with Gasteiger partial charge in [-0.25, -0.2) is 0 Å². The molecule has 0 radical (unpaired) electrons. The smallest absolute Gasteiger partial charge is 0.354 e. The summed E-state index contributed by atoms with van der Waals surface area (Å²) in [5.74, 6) is 0.197. The van der Waals surface area contributed by atoms with Crippen molar-refractivity contribution in [2.45, 2.75) is 43.2 Å². The van der Waals surface area contributed by atoms with Crippen molar-refractivity contribution in [2.24, 2.45) is 0 Å². The van der Waals surface area contributed by atoms with E-state index in [0.29, 0.717) is 24.6 Å². The van der Waals surface area contributed by atoms with E-state index >= 15 is 0 Å². The predicted octanol–water partition coefficient (Wildman–Crippen LogP) is 10.6. The molecule has 0 saturated carbocycles. The first kappa shape index (κ1) is 51.0. The Kier molecular flexibility index (Phi) is 20.9. The summed E-state index contributed by atoms with van der Waals surface area (Å²) in [6, 6.07) is 51.4. The molecule has 0 unspecified atom stereocenters. The van der Waals surface area contributed by atoms with Crippen molar-refractivity contribution in [2.75, 3.05) is 64.1 Å². The molecule has 5 aromatic rings. The molecule has 0 heterocycles. The molecule has 2 N–H and O–H groups in total. The summed E-state index contributed by atoms with van der Waals surface area (Å²) in [7, 11) is -8.60. The van der Waals surface area contributed by atoms with Gasteiger partial charge in [-0.3, -0.25) is 23.6 Å². The molecule has 11 nitrogen and oxygen atoms in total. The molecule has 0 spiro atoms. The molecule has 15 heteroatoms. The monoisotopic (exact) mass is 945 g/mol. The summed E-state index contributed by atoms with van der Waals surface area (Å²) in [6.07, 6.45) is 0. The maximum Gasteiger partial charge on any atom is 0.365 e. The second kappa shape index (κ2) is 26.2. The molecular formula is C49H61N3O8P2S2. The highest BCUT2D eigenvalue weighted by atomic mass is 32.2. The number of thioether (sulfide) groups is 2. The number of nitrogens with one attached hydrogen (secondary N) is 2. The van der Waals surface area contributed by atoms with Gasteiger partial charge in [-0.15, -0.1) is 23.5 Å². The molecular weight excluding hydrogens is 885 g/mol. The fraction of sp³-hybridized carbons (Fsp3) is 0.347. The van der Waals surface area contributed by atoms with E-state index in [9.17, 15) is 18.7 Å². The number of amides is 2. The zero-order chi connectivity index (χ0) is 45.7. The summed E-state index contributed by atoms with van der Waals surface area (Å²) in [6.45, 7) is 6.56. The number of hydrogen-bond donors (Lipinski definition) is 2. The first-order valence-corrected chi connectivity index (χ1v) is 27.0. The number of carbonyl (C=O) groups is 2. The predicted molar refractivity (Wildman–Crippen MR) is 262 cm³/mol. The Labute approximate surface area is 387 Å². The molecule has 0 atom stereocenters. The van der Waals surface area contributed by atoms with Crippen molar-refractivity contribution in [1.82, 2.24) is 15.5 Å². The summed E-state index contributed by atoms with van der Waals surface area (Å²) < 4.78 is 50.4. The van der Waals surface area contributed by atoms with Gasteiger partial charge in [-0.1, -0.05) is 152 Å². The van der Waals surface area contributed by atoms with Crippen LogP contribution in [0.3, 0.4) is 0 Å². The lowest BCUT2D eigenvalue weighted by Gasteiger charge is -2.36. The third kappa shape index (κ3) is 14.0. The van der Waals surface area contributed by atoms with Gasteiger partial charge in [0.25, 0.3) is 0 Å². The molecule has 0 bridgehead atoms. The van der Waals surface area contributed by atoms with Crippen LogP contribution < -0.4 is 10.6 Å². The van der Waals surface area contributed by atoms with Gasteiger partial charge >= 0.3 is 15.2 Å². The molecule has 2 amide bonds. The summed E-state index contributed by atoms with van der Waals surface area (Å²) in [5, 5.41) is 5.83. The Balaban J connectivity index is 1.40. The molecule has 64 heavy (non-hydrogen) atoms. The van der Waals surface area contributed by atoms with Crippen LogP contribution in [0.25, 0.3) is 0 Å². The Morgan fingerprint density at radius 3 is 1.33 bits per heavy atom. The first-order chi connectivity index (χ1) is 31.1. The van der Waals surface area contributed by atoms with Crippen LogP contribution in [0.2, 0.25) is 0 Å². The van der Waals surface area contributed by atoms with Gasteiger partial charge in [0, 0.05) is 24.6 Å². The number of rotatable bonds is 28. The average molecular weight is 946 g/mol. The lowest BCUT2D eigenvalue weighted by atomic mass is 9.84. The van der Waals surface area contributed by atoms with Crippen molar-refractivity contribution in [3.63, 3.8) is 0 Å². The van der Waals surface area contributed by atoms with Gasteiger partial charge in [0.15, 0.2) is 0 Å². The van der Waals surface area contributed by atoms with E-state index in [1.807, 2.05) is 91.0 Å². The Morgan fingerprint density at radius 1 is 0.562 bits per heavy atom. The van der Waals surface area contributed by atoms with Gasteiger partial charge in [-0.2, -0.15) is 0 Å². The zero-order valence-electron chi connectivity index (χ0n) is 37.1. The lowest BCUT2D eigenvalue weighted by molar-refractivity contribution is -0.125. The van der Waals surface area contributed by atoms with E-state index in [1.54, 1.807) is 56.1 Å². The van der Waals surface area contributed by atoms with Gasteiger partial charge in [0.2, 0.25) is 17.3 Å². The van der Waals surface area contributed by atoms with Crippen LogP contribution in [-0.2, 0) is 41.6 Å². The molecule has 0 aliphatic carbocycles. The zero-order valence-corrected chi connectivity index (χ0v) is 40.5. The topological polar surface area (TPSA) is 132 Å². The minimum Gasteiger partial charge on any atom is -0.354 e. The van der Waals surface area contributed by atoms with E-state index in [1.165, 1.54) is 11.1 Å². The Morgan fingerprint density at radius 2 is 0.938 bits per heavy atom. The molecule has 0 fully saturated rings. The van der Waals surface area contributed by atoms with Crippen LogP contribution in [0.1, 0.15) is 60.8 Å². The van der Waals surface area contributed by atoms with E-state index in [0.717, 1.165) is 16.7 Å². The third-order valence-electron chi connectivity index (χ3n) is 10.0. The number of nitrogens with zero attached hydrogens (tertiary/aromatic N) is 1. The first-order valence-electron chi connectivity index (χ1n) is 21.7. The maximum absolute atomic E-state index is 14.3. The van der Waals surface area contributed by atoms with Crippen LogP contribution in [0.5, 0.6) is 0 Å². The normalized spacial score (nSPS) is 12.2. The Bertz CT molecular complexity index is 2050. The second-order valence-corrected chi connectivity index (χ2v) is 21.6. The highest BCUT2D eigenvalue weighted by molar-refractivity contribution is 8.00. The molecule has 0 aliphatic heterocycles. The third-order valence-corrected chi connectivity index (χ3v) is 18.5. The SMILES string of the molecule is CCOP(=O)(OCC)C(NC(=O)CN(CCSC(c1ccccc1)(c1ccccc1)c1ccccc1)CC(=O)NCCSC(c1ccccc1)c1ccccc1)P(=O)(OCC)OCC. The van der Waals surface area contributed by atoms with Gasteiger partial charge < -0.3 is 28.7 Å². The van der Waals surface area contributed by atoms with Crippen molar-refractivity contribution < 1.29 is 36.8 Å². The molecule has 0 aliphatic rings. The maximum atomic E-state index is 14.3. The minimum absolute atomic E-state index is 0.0485. The quantitative estimate of drug-likeness (QED) is 0.0282. The van der Waals surface area contributed by atoms with Crippen molar-refractivity contribution >= 4 is 50.5 Å². The highest BCUT2D eigenvalue weighted by Gasteiger charge is 2.52. The van der Waals surface area contributed by atoms with E-state index in [4.69, 9.17) is 18.1 Å². The summed E-state index contributed by atoms with van der Waals surface area (Å²) in [4.78, 5) is 29.8. The van der Waals surface area contributed by atoms with Gasteiger partial charge in [-0.05, 0) is 55.5 Å². The standard InChI is InChI=1S/C49H61N3O8P2S2/c1-5-57-61(55,58-6-2)48(62(56,59-7-3)60-8-4)51-46(54)39-52(38-45(53)50-34-36-63-47(40-24-14-9-15-25-40)41-26-16-10-17-27-41)35-37-64-49(42-28-18-11-19-29-42,43-30-20-12-21-31-43)44-32-22-13-23-33-44/h9-33,47-48H,5-8,34-39H2,1-4H3,(H,50,53)(H,51,54). The number of hydrogen-bond acceptors (Lipinski definition) is 11. The second-order valence-electron chi connectivity index (χ2n) is 14.5. The van der Waals surface area contributed by atoms with Crippen molar-refractivity contribution in [1.29, 1.82) is 0 Å². The van der Waals surface area contributed by atoms with Crippen LogP contribution in [-0.4, -0.2) is 86.4 Å². The fourth-order valence-corrected chi connectivity index (χ4v) is 15.0.